The number of ether oxygens (including phenoxy) is 6. The number of piperidine rings is 1. The van der Waals surface area contributed by atoms with Crippen LogP contribution in [0.25, 0.3) is 0 Å². The number of carbonyl (C=O) groups is 5. The van der Waals surface area contributed by atoms with Crippen molar-refractivity contribution in [2.45, 2.75) is 186 Å². The van der Waals surface area contributed by atoms with E-state index in [1.165, 1.54) is 12.0 Å². The topological polar surface area (TPSA) is 231 Å². The summed E-state index contributed by atoms with van der Waals surface area (Å²) in [6, 6.07) is -1.16. The van der Waals surface area contributed by atoms with E-state index in [0.717, 1.165) is 5.57 Å². The lowest BCUT2D eigenvalue weighted by atomic mass is 9.78. The maximum absolute atomic E-state index is 14.5. The number of Topliss-reactive ketones (excluding diaryl/α,β-unsaturated/α-hetero) is 3. The number of nitrogens with two attached hydrogens (primary N) is 1. The number of ketones is 3. The maximum atomic E-state index is 14.5. The zero-order valence-corrected chi connectivity index (χ0v) is 44.1. The summed E-state index contributed by atoms with van der Waals surface area (Å²) in [7, 11) is 2.94. The monoisotopic (exact) mass is 1000 g/mol. The number of hydrogen-bond acceptors (Lipinski definition) is 15. The fraction of sp³-hybridized carbons (Fsp3) is 0.764. The summed E-state index contributed by atoms with van der Waals surface area (Å²) < 4.78 is 35.8. The summed E-state index contributed by atoms with van der Waals surface area (Å²) in [5.41, 5.74) is 6.86. The fourth-order valence-corrected chi connectivity index (χ4v) is 10.6. The van der Waals surface area contributed by atoms with Crippen molar-refractivity contribution in [3.8, 4) is 0 Å². The molecule has 3 aliphatic heterocycles. The Bertz CT molecular complexity index is 1870. The zero-order valence-electron chi connectivity index (χ0n) is 44.1. The van der Waals surface area contributed by atoms with Crippen LogP contribution in [-0.4, -0.2) is 151 Å². The molecule has 15 atom stereocenters. The molecule has 3 heterocycles. The molecule has 0 radical (unpaired) electrons. The lowest BCUT2D eigenvalue weighted by molar-refractivity contribution is -0.266. The van der Waals surface area contributed by atoms with Crippen LogP contribution in [-0.2, 0) is 52.4 Å². The predicted molar refractivity (Wildman–Crippen MR) is 269 cm³/mol. The molecule has 1 amide bonds. The highest BCUT2D eigenvalue weighted by Crippen LogP contribution is 2.38. The van der Waals surface area contributed by atoms with Gasteiger partial charge in [-0.25, -0.2) is 4.79 Å². The number of carbonyl (C=O) groups excluding carboxylic acids is 5. The van der Waals surface area contributed by atoms with E-state index in [4.69, 9.17) is 34.2 Å². The summed E-state index contributed by atoms with van der Waals surface area (Å²) in [6.45, 7) is 14.3. The summed E-state index contributed by atoms with van der Waals surface area (Å²) >= 11 is 0. The second-order valence-electron chi connectivity index (χ2n) is 21.0. The number of cyclic esters (lactones) is 1. The highest BCUT2D eigenvalue weighted by molar-refractivity contribution is 6.39. The highest BCUT2D eigenvalue weighted by Gasteiger charge is 2.53. The van der Waals surface area contributed by atoms with Gasteiger partial charge in [0.05, 0.1) is 37.6 Å². The van der Waals surface area contributed by atoms with Crippen LogP contribution >= 0.6 is 0 Å². The second kappa shape index (κ2) is 29.4. The van der Waals surface area contributed by atoms with Crippen LogP contribution in [0.2, 0.25) is 0 Å². The van der Waals surface area contributed by atoms with Gasteiger partial charge in [0.2, 0.25) is 5.79 Å². The van der Waals surface area contributed by atoms with Crippen molar-refractivity contribution in [2.75, 3.05) is 47.1 Å². The number of nitrogens with zero attached hydrogens (tertiary/aromatic N) is 1. The van der Waals surface area contributed by atoms with E-state index in [0.29, 0.717) is 89.5 Å². The van der Waals surface area contributed by atoms with Crippen LogP contribution in [0.1, 0.15) is 132 Å². The minimum absolute atomic E-state index is 0.00511. The molecule has 5 N–H and O–H groups in total. The van der Waals surface area contributed by atoms with Crippen molar-refractivity contribution < 1.29 is 67.7 Å². The molecule has 4 aliphatic rings. The number of rotatable bonds is 12. The van der Waals surface area contributed by atoms with Crippen LogP contribution in [0.15, 0.2) is 47.6 Å². The van der Waals surface area contributed by atoms with Crippen molar-refractivity contribution in [1.29, 1.82) is 0 Å². The van der Waals surface area contributed by atoms with Gasteiger partial charge in [-0.15, -0.1) is 0 Å². The number of fused-ring (bicyclic) bond motifs is 3. The summed E-state index contributed by atoms with van der Waals surface area (Å²) in [5.74, 6) is -8.17. The predicted octanol–water partition coefficient (Wildman–Crippen LogP) is 5.92. The Balaban J connectivity index is 1.71. The summed E-state index contributed by atoms with van der Waals surface area (Å²) in [5, 5.41) is 34.1. The Labute approximate surface area is 423 Å². The zero-order chi connectivity index (χ0) is 52.4. The van der Waals surface area contributed by atoms with Gasteiger partial charge in [0.15, 0.2) is 5.78 Å². The first kappa shape index (κ1) is 60.1. The van der Waals surface area contributed by atoms with Crippen LogP contribution in [0.3, 0.4) is 0 Å². The normalized spacial score (nSPS) is 38.0. The van der Waals surface area contributed by atoms with Gasteiger partial charge < -0.3 is 54.4 Å². The molecule has 0 aromatic heterocycles. The molecule has 1 unspecified atom stereocenters. The number of amides is 1. The SMILES string of the molecule is CO[C@@H]1C[C@H](C[C@@H](C)[C@@H]2CC(=O)[C@H](C)/C=C(\C)[C@@H](O)[C@@H](OC)C(=O)[C@H](C)C[C@H](C)/C=C/C=C/C=C(\C)C(OCCOCCCN)C[C@@H]3CC[C@@H](C)[C@@](O)(O3)C(=O)C(=O)N3CCCC[C@H]3C(=O)O2)CC[C@H]1O. The number of aliphatic hydroxyl groups excluding tert-OH is 2. The fourth-order valence-electron chi connectivity index (χ4n) is 10.6. The molecule has 16 heteroatoms. The number of hydrogen-bond donors (Lipinski definition) is 4. The minimum atomic E-state index is -2.47. The largest absolute Gasteiger partial charge is 0.460 e. The van der Waals surface area contributed by atoms with Gasteiger partial charge in [0, 0.05) is 58.0 Å². The summed E-state index contributed by atoms with van der Waals surface area (Å²) in [6.07, 6.45) is 11.5. The smallest absolute Gasteiger partial charge is 0.329 e. The average molecular weight is 1000 g/mol. The molecule has 0 spiro atoms. The van der Waals surface area contributed by atoms with Crippen LogP contribution in [0.4, 0.5) is 0 Å². The Morgan fingerprint density at radius 3 is 2.32 bits per heavy atom. The van der Waals surface area contributed by atoms with E-state index in [1.54, 1.807) is 34.0 Å². The molecule has 16 nitrogen and oxygen atoms in total. The summed E-state index contributed by atoms with van der Waals surface area (Å²) in [4.78, 5) is 72.4. The third-order valence-corrected chi connectivity index (χ3v) is 15.2. The number of esters is 1. The molecule has 1 aliphatic carbocycles. The van der Waals surface area contributed by atoms with Crippen LogP contribution < -0.4 is 5.73 Å². The average Bonchev–Trinajstić information content (AvgIpc) is 3.34. The van der Waals surface area contributed by atoms with Gasteiger partial charge in [-0.2, -0.15) is 0 Å². The number of methoxy groups -OCH3 is 2. The Morgan fingerprint density at radius 1 is 0.873 bits per heavy atom. The van der Waals surface area contributed by atoms with Gasteiger partial charge in [0.1, 0.15) is 30.1 Å². The first-order valence-corrected chi connectivity index (χ1v) is 26.3. The Kier molecular flexibility index (Phi) is 24.9. The van der Waals surface area contributed by atoms with E-state index in [9.17, 15) is 39.3 Å². The first-order chi connectivity index (χ1) is 33.7. The Hall–Kier alpha value is -3.45. The Morgan fingerprint density at radius 2 is 1.62 bits per heavy atom. The molecule has 402 valence electrons. The number of aliphatic hydroxyl groups is 3. The van der Waals surface area contributed by atoms with Gasteiger partial charge in [0.25, 0.3) is 11.7 Å². The van der Waals surface area contributed by atoms with Gasteiger partial charge in [-0.1, -0.05) is 71.1 Å². The second-order valence-corrected chi connectivity index (χ2v) is 21.0. The maximum Gasteiger partial charge on any atom is 0.329 e. The third-order valence-electron chi connectivity index (χ3n) is 15.2. The highest BCUT2D eigenvalue weighted by atomic mass is 16.6. The molecule has 1 saturated carbocycles. The van der Waals surface area contributed by atoms with E-state index < -0.39 is 83.9 Å². The number of allylic oxidation sites excluding steroid dienone is 6. The van der Waals surface area contributed by atoms with E-state index in [1.807, 2.05) is 58.1 Å². The van der Waals surface area contributed by atoms with Gasteiger partial charge in [-0.3, -0.25) is 19.2 Å². The lowest BCUT2D eigenvalue weighted by Crippen LogP contribution is -2.61. The quantitative estimate of drug-likeness (QED) is 0.0770. The standard InChI is InChI=1S/C55H88N2O14/c1-34-16-11-10-12-17-35(2)46(69-27-26-68-25-15-23-56)32-42-21-19-40(7)55(65,71-42)52(62)53(63)57-24-14-13-18-43(57)54(64)70-47(37(4)30-41-20-22-44(58)48(31-41)66-8)33-45(59)36(3)29-39(6)50(61)51(67-9)49(60)38(5)28-34/h10-12,16-17,29,34,36-38,40-44,46-48,50-51,58,61,65H,13-15,18-28,30-33,56H2,1-9H3/b12-10+,16-11+,35-17+,39-29+/t34-,36-,37-,38-,40-,41+,42+,43+,44-,46?,47+,48-,50-,51+,55-/m1/s1. The van der Waals surface area contributed by atoms with Crippen molar-refractivity contribution in [3.63, 3.8) is 0 Å². The third kappa shape index (κ3) is 17.3. The van der Waals surface area contributed by atoms with E-state index >= 15 is 0 Å². The van der Waals surface area contributed by atoms with E-state index in [-0.39, 0.29) is 67.8 Å². The molecule has 4 rings (SSSR count). The molecule has 2 saturated heterocycles. The molecule has 3 fully saturated rings. The minimum Gasteiger partial charge on any atom is -0.460 e. The van der Waals surface area contributed by atoms with Crippen molar-refractivity contribution in [2.24, 2.45) is 41.2 Å². The molecular formula is C55H88N2O14. The van der Waals surface area contributed by atoms with Gasteiger partial charge in [-0.05, 0) is 120 Å². The van der Waals surface area contributed by atoms with Crippen molar-refractivity contribution >= 4 is 29.2 Å². The lowest BCUT2D eigenvalue weighted by Gasteiger charge is -2.43. The first-order valence-electron chi connectivity index (χ1n) is 26.3. The van der Waals surface area contributed by atoms with E-state index in [2.05, 4.69) is 0 Å². The van der Waals surface area contributed by atoms with Crippen molar-refractivity contribution in [3.05, 3.63) is 47.6 Å². The molecular weight excluding hydrogens is 913 g/mol. The van der Waals surface area contributed by atoms with Crippen LogP contribution in [0, 0.1) is 35.5 Å². The molecule has 0 aromatic carbocycles. The van der Waals surface area contributed by atoms with Gasteiger partial charge >= 0.3 is 5.97 Å². The molecule has 71 heavy (non-hydrogen) atoms. The molecule has 0 aromatic rings. The van der Waals surface area contributed by atoms with Crippen molar-refractivity contribution in [1.82, 2.24) is 4.90 Å². The van der Waals surface area contributed by atoms with Crippen LogP contribution in [0.5, 0.6) is 0 Å². The molecule has 2 bridgehead atoms.